The molecule has 4 bridgehead atoms. The number of carbonyl (C=O) groups is 4. The molecule has 6 rings (SSSR count). The van der Waals surface area contributed by atoms with E-state index in [2.05, 4.69) is 30.9 Å². The molecular weight excluding hydrogens is 646 g/mol. The lowest BCUT2D eigenvalue weighted by Gasteiger charge is -2.29. The predicted molar refractivity (Wildman–Crippen MR) is 181 cm³/mol. The summed E-state index contributed by atoms with van der Waals surface area (Å²) in [6.07, 6.45) is 0.370. The molecule has 5 aromatic rings. The van der Waals surface area contributed by atoms with Gasteiger partial charge in [-0.15, -0.1) is 11.3 Å². The van der Waals surface area contributed by atoms with Crippen molar-refractivity contribution >= 4 is 46.1 Å². The Morgan fingerprint density at radius 2 is 1.76 bits per heavy atom. The summed E-state index contributed by atoms with van der Waals surface area (Å²) < 4.78 is 11.6. The molecule has 0 fully saturated rings. The third-order valence-electron chi connectivity index (χ3n) is 8.21. The minimum atomic E-state index is -0.698. The fourth-order valence-corrected chi connectivity index (χ4v) is 6.55. The second kappa shape index (κ2) is 14.0. The average Bonchev–Trinajstić information content (AvgIpc) is 3.80. The number of thiazole rings is 1. The third-order valence-corrected chi connectivity index (χ3v) is 9.24. The van der Waals surface area contributed by atoms with E-state index in [0.29, 0.717) is 34.0 Å². The van der Waals surface area contributed by atoms with E-state index in [1.165, 1.54) is 16.2 Å². The number of fused-ring (bicyclic) bond motifs is 5. The lowest BCUT2D eigenvalue weighted by Crippen LogP contribution is -2.50. The van der Waals surface area contributed by atoms with Crippen molar-refractivity contribution in [2.75, 3.05) is 13.1 Å². The lowest BCUT2D eigenvalue weighted by molar-refractivity contribution is -0.123. The van der Waals surface area contributed by atoms with Crippen LogP contribution in [0.3, 0.4) is 0 Å². The Morgan fingerprint density at radius 1 is 0.980 bits per heavy atom. The molecule has 0 unspecified atom stereocenters. The summed E-state index contributed by atoms with van der Waals surface area (Å²) in [6, 6.07) is 12.6. The van der Waals surface area contributed by atoms with Gasteiger partial charge in [-0.25, -0.2) is 15.0 Å². The molecule has 4 heterocycles. The summed E-state index contributed by atoms with van der Waals surface area (Å²) in [5.41, 5.74) is 2.51. The molecule has 0 aliphatic carbocycles. The van der Waals surface area contributed by atoms with Crippen molar-refractivity contribution < 1.29 is 28.0 Å². The third kappa shape index (κ3) is 7.54. The van der Waals surface area contributed by atoms with Gasteiger partial charge in [0.1, 0.15) is 28.0 Å². The van der Waals surface area contributed by atoms with Crippen molar-refractivity contribution in [3.63, 3.8) is 0 Å². The molecule has 3 N–H and O–H groups in total. The maximum atomic E-state index is 14.2. The first kappa shape index (κ1) is 33.5. The first-order chi connectivity index (χ1) is 23.4. The van der Waals surface area contributed by atoms with Crippen LogP contribution in [0.1, 0.15) is 92.3 Å². The molecule has 1 aliphatic rings. The Kier molecular flexibility index (Phi) is 9.58. The van der Waals surface area contributed by atoms with Gasteiger partial charge in [-0.05, 0) is 49.9 Å². The molecule has 254 valence electrons. The lowest BCUT2D eigenvalue weighted by atomic mass is 10.0. The maximum absolute atomic E-state index is 14.2. The molecule has 0 radical (unpaired) electrons. The Morgan fingerprint density at radius 3 is 2.51 bits per heavy atom. The number of aryl methyl sites for hydroxylation is 2. The van der Waals surface area contributed by atoms with E-state index in [9.17, 15) is 19.2 Å². The summed E-state index contributed by atoms with van der Waals surface area (Å²) in [4.78, 5) is 69.6. The molecule has 14 heteroatoms. The first-order valence-electron chi connectivity index (χ1n) is 16.0. The zero-order valence-electron chi connectivity index (χ0n) is 27.8. The molecule has 3 atom stereocenters. The highest BCUT2D eigenvalue weighted by Crippen LogP contribution is 2.25. The topological polar surface area (TPSA) is 173 Å². The molecule has 2 aromatic carbocycles. The van der Waals surface area contributed by atoms with Gasteiger partial charge in [-0.1, -0.05) is 44.2 Å². The number of hydrogen-bond acceptors (Lipinski definition) is 10. The van der Waals surface area contributed by atoms with Gasteiger partial charge < -0.3 is 29.7 Å². The molecule has 4 amide bonds. The Labute approximate surface area is 286 Å². The second-order valence-corrected chi connectivity index (χ2v) is 13.4. The highest BCUT2D eigenvalue weighted by atomic mass is 32.1. The number of aromatic nitrogens is 3. The molecular formula is C35H37N7O6S. The SMILES string of the molecule is Cc1nc2ccc(C(=O)N3CC(=O)N[C@@H](C(C)C)c4nc(c(C)o4)C(=O)N[C@H](C)c4nc(cs4)C(=O)N[C@H](Cc4ccccc4)C3)cc2o1. The van der Waals surface area contributed by atoms with Crippen molar-refractivity contribution in [3.05, 3.63) is 99.0 Å². The minimum Gasteiger partial charge on any atom is -0.443 e. The van der Waals surface area contributed by atoms with Crippen LogP contribution in [0.15, 0.2) is 62.7 Å². The largest absolute Gasteiger partial charge is 0.443 e. The number of hydrogen-bond donors (Lipinski definition) is 3. The van der Waals surface area contributed by atoms with Gasteiger partial charge in [-0.3, -0.25) is 19.2 Å². The van der Waals surface area contributed by atoms with Gasteiger partial charge in [0, 0.05) is 24.4 Å². The van der Waals surface area contributed by atoms with Crippen molar-refractivity contribution in [3.8, 4) is 0 Å². The summed E-state index contributed by atoms with van der Waals surface area (Å²) in [7, 11) is 0. The normalized spacial score (nSPS) is 19.3. The van der Waals surface area contributed by atoms with Gasteiger partial charge in [0.2, 0.25) is 11.8 Å². The zero-order valence-corrected chi connectivity index (χ0v) is 28.6. The Bertz CT molecular complexity index is 2020. The molecule has 0 saturated heterocycles. The van der Waals surface area contributed by atoms with Gasteiger partial charge in [0.05, 0.1) is 18.6 Å². The van der Waals surface area contributed by atoms with Crippen LogP contribution in [-0.4, -0.2) is 62.6 Å². The van der Waals surface area contributed by atoms with Crippen LogP contribution in [0, 0.1) is 19.8 Å². The Hall–Kier alpha value is -5.37. The van der Waals surface area contributed by atoms with E-state index in [1.807, 2.05) is 44.2 Å². The van der Waals surface area contributed by atoms with Crippen molar-refractivity contribution in [1.82, 2.24) is 35.8 Å². The number of amides is 4. The van der Waals surface area contributed by atoms with Gasteiger partial charge in [0.25, 0.3) is 17.7 Å². The molecule has 0 spiro atoms. The molecule has 13 nitrogen and oxygen atoms in total. The average molecular weight is 684 g/mol. The van der Waals surface area contributed by atoms with Crippen LogP contribution in [0.25, 0.3) is 11.1 Å². The van der Waals surface area contributed by atoms with Crippen molar-refractivity contribution in [2.24, 2.45) is 5.92 Å². The van der Waals surface area contributed by atoms with E-state index in [0.717, 1.165) is 5.56 Å². The number of nitrogens with zero attached hydrogens (tertiary/aromatic N) is 4. The highest BCUT2D eigenvalue weighted by Gasteiger charge is 2.31. The number of oxazole rings is 2. The smallest absolute Gasteiger partial charge is 0.274 e. The molecule has 1 aliphatic heterocycles. The summed E-state index contributed by atoms with van der Waals surface area (Å²) in [6.45, 7) is 8.55. The summed E-state index contributed by atoms with van der Waals surface area (Å²) in [5, 5.41) is 11.0. The monoisotopic (exact) mass is 683 g/mol. The van der Waals surface area contributed by atoms with Gasteiger partial charge in [-0.2, -0.15) is 0 Å². The predicted octanol–water partition coefficient (Wildman–Crippen LogP) is 4.69. The summed E-state index contributed by atoms with van der Waals surface area (Å²) in [5.74, 6) is -1.10. The number of carbonyl (C=O) groups excluding carboxylic acids is 4. The second-order valence-electron chi connectivity index (χ2n) is 12.5. The fraction of sp³-hybridized carbons (Fsp3) is 0.343. The van der Waals surface area contributed by atoms with Crippen LogP contribution >= 0.6 is 11.3 Å². The van der Waals surface area contributed by atoms with E-state index in [-0.39, 0.29) is 42.0 Å². The highest BCUT2D eigenvalue weighted by molar-refractivity contribution is 7.09. The number of nitrogens with one attached hydrogen (secondary N) is 3. The number of rotatable bonds is 4. The molecule has 0 saturated carbocycles. The van der Waals surface area contributed by atoms with Crippen LogP contribution in [-0.2, 0) is 11.2 Å². The van der Waals surface area contributed by atoms with Crippen molar-refractivity contribution in [1.29, 1.82) is 0 Å². The first-order valence-corrected chi connectivity index (χ1v) is 16.9. The maximum Gasteiger partial charge on any atom is 0.274 e. The Balaban J connectivity index is 1.40. The van der Waals surface area contributed by atoms with Crippen LogP contribution < -0.4 is 16.0 Å². The quantitative estimate of drug-likeness (QED) is 0.243. The standard InChI is InChI=1S/C35H37N7O6S/c1-18(2)29-33-41-30(20(4)47-33)32(45)36-19(3)34-39-26(17-49-34)31(44)38-24(13-22-9-7-6-8-10-22)15-42(16-28(43)40-29)35(46)23-11-12-25-27(14-23)48-21(5)37-25/h6-12,14,17-19,24,29H,13,15-16H2,1-5H3,(H,36,45)(H,38,44)(H,40,43)/t19-,24-,29+/m1/s1. The van der Waals surface area contributed by atoms with E-state index < -0.39 is 41.8 Å². The number of benzene rings is 2. The van der Waals surface area contributed by atoms with Gasteiger partial charge >= 0.3 is 0 Å². The van der Waals surface area contributed by atoms with Crippen LogP contribution in [0.5, 0.6) is 0 Å². The van der Waals surface area contributed by atoms with E-state index in [4.69, 9.17) is 8.83 Å². The van der Waals surface area contributed by atoms with Gasteiger partial charge in [0.15, 0.2) is 17.2 Å². The summed E-state index contributed by atoms with van der Waals surface area (Å²) >= 11 is 1.24. The van der Waals surface area contributed by atoms with E-state index >= 15 is 0 Å². The van der Waals surface area contributed by atoms with E-state index in [1.54, 1.807) is 44.4 Å². The molecule has 3 aromatic heterocycles. The van der Waals surface area contributed by atoms with Crippen LogP contribution in [0.2, 0.25) is 0 Å². The minimum absolute atomic E-state index is 0.00157. The van der Waals surface area contributed by atoms with Crippen LogP contribution in [0.4, 0.5) is 0 Å². The zero-order chi connectivity index (χ0) is 34.8. The molecule has 49 heavy (non-hydrogen) atoms. The fourth-order valence-electron chi connectivity index (χ4n) is 5.74. The van der Waals surface area contributed by atoms with Crippen molar-refractivity contribution in [2.45, 2.75) is 59.2 Å².